The fourth-order valence-corrected chi connectivity index (χ4v) is 6.86. The molecular formula is C35H40N10O6. The molecular weight excluding hydrogens is 656 g/mol. The predicted octanol–water partition coefficient (Wildman–Crippen LogP) is 6.74. The van der Waals surface area contributed by atoms with E-state index in [2.05, 4.69) is 30.1 Å². The van der Waals surface area contributed by atoms with Gasteiger partial charge in [-0.1, -0.05) is 106 Å². The fourth-order valence-electron chi connectivity index (χ4n) is 6.86. The zero-order chi connectivity index (χ0) is 36.0. The first-order valence-electron chi connectivity index (χ1n) is 16.7. The maximum Gasteiger partial charge on any atom is 0.410 e. The molecule has 3 aromatic carbocycles. The van der Waals surface area contributed by atoms with Gasteiger partial charge in [-0.25, -0.2) is 4.79 Å². The third-order valence-electron chi connectivity index (χ3n) is 9.37. The van der Waals surface area contributed by atoms with E-state index >= 15 is 0 Å². The van der Waals surface area contributed by atoms with E-state index in [1.165, 1.54) is 0 Å². The Kier molecular flexibility index (Phi) is 13.5. The van der Waals surface area contributed by atoms with Crippen molar-refractivity contribution in [2.24, 2.45) is 21.3 Å². The Hall–Kier alpha value is -5.30. The number of benzene rings is 3. The second-order valence-electron chi connectivity index (χ2n) is 12.5. The van der Waals surface area contributed by atoms with Crippen LogP contribution in [0.1, 0.15) is 36.0 Å². The first-order valence-corrected chi connectivity index (χ1v) is 16.7. The molecule has 1 amide bonds. The van der Waals surface area contributed by atoms with Crippen molar-refractivity contribution in [3.05, 3.63) is 139 Å². The molecule has 16 nitrogen and oxygen atoms in total. The molecule has 266 valence electrons. The molecule has 1 heterocycles. The number of ether oxygens (including phenoxy) is 3. The van der Waals surface area contributed by atoms with Crippen molar-refractivity contribution in [1.82, 2.24) is 4.90 Å². The van der Waals surface area contributed by atoms with Crippen LogP contribution in [0, 0.1) is 5.92 Å². The zero-order valence-electron chi connectivity index (χ0n) is 27.8. The van der Waals surface area contributed by atoms with Crippen molar-refractivity contribution >= 4 is 6.09 Å². The molecule has 4 unspecified atom stereocenters. The highest BCUT2D eigenvalue weighted by molar-refractivity contribution is 5.68. The van der Waals surface area contributed by atoms with Gasteiger partial charge in [0.25, 0.3) is 0 Å². The van der Waals surface area contributed by atoms with Gasteiger partial charge in [-0.15, -0.1) is 0 Å². The average Bonchev–Trinajstić information content (AvgIpc) is 3.16. The molecule has 1 saturated heterocycles. The Morgan fingerprint density at radius 1 is 0.765 bits per heavy atom. The van der Waals surface area contributed by atoms with Crippen LogP contribution >= 0.6 is 0 Å². The van der Waals surface area contributed by atoms with E-state index in [1.807, 2.05) is 91.0 Å². The molecule has 0 aromatic heterocycles. The summed E-state index contributed by atoms with van der Waals surface area (Å²) in [5, 5.41) is 33.8. The molecule has 0 radical (unpaired) electrons. The third kappa shape index (κ3) is 9.69. The Morgan fingerprint density at radius 2 is 1.31 bits per heavy atom. The van der Waals surface area contributed by atoms with E-state index < -0.39 is 60.6 Å². The summed E-state index contributed by atoms with van der Waals surface area (Å²) in [4.78, 5) is 24.4. The van der Waals surface area contributed by atoms with Crippen molar-refractivity contribution in [3.63, 3.8) is 0 Å². The summed E-state index contributed by atoms with van der Waals surface area (Å²) < 4.78 is 18.8. The monoisotopic (exact) mass is 696 g/mol. The smallest absolute Gasteiger partial charge is 0.410 e. The van der Waals surface area contributed by atoms with E-state index in [4.69, 9.17) is 19.7 Å². The lowest BCUT2D eigenvalue weighted by Crippen LogP contribution is -2.61. The van der Waals surface area contributed by atoms with Crippen LogP contribution in [-0.2, 0) is 34.0 Å². The number of carbonyl (C=O) groups is 1. The van der Waals surface area contributed by atoms with Crippen LogP contribution in [0.25, 0.3) is 31.3 Å². The molecule has 16 heteroatoms. The number of amides is 1. The first-order chi connectivity index (χ1) is 24.9. The van der Waals surface area contributed by atoms with Crippen LogP contribution in [0.3, 0.4) is 0 Å². The molecule has 51 heavy (non-hydrogen) atoms. The molecule has 2 N–H and O–H groups in total. The van der Waals surface area contributed by atoms with Crippen LogP contribution in [0.5, 0.6) is 0 Å². The summed E-state index contributed by atoms with van der Waals surface area (Å²) in [6.07, 6.45) is -4.92. The fraction of sp³-hybridized carbons (Fsp3) is 0.457. The van der Waals surface area contributed by atoms with Gasteiger partial charge in [-0.05, 0) is 52.5 Å². The van der Waals surface area contributed by atoms with Gasteiger partial charge in [0.1, 0.15) is 6.61 Å². The first kappa shape index (κ1) is 37.0. The Balaban J connectivity index is 1.49. The lowest BCUT2D eigenvalue weighted by molar-refractivity contribution is -0.170. The van der Waals surface area contributed by atoms with Gasteiger partial charge in [-0.2, -0.15) is 0 Å². The molecule has 2 aliphatic rings. The summed E-state index contributed by atoms with van der Waals surface area (Å²) >= 11 is 0. The molecule has 9 atom stereocenters. The van der Waals surface area contributed by atoms with Gasteiger partial charge >= 0.3 is 6.09 Å². The van der Waals surface area contributed by atoms with Gasteiger partial charge < -0.3 is 24.4 Å². The van der Waals surface area contributed by atoms with E-state index in [1.54, 1.807) is 4.90 Å². The lowest BCUT2D eigenvalue weighted by Gasteiger charge is -2.49. The second kappa shape index (κ2) is 18.6. The normalized spacial score (nSPS) is 26.3. The van der Waals surface area contributed by atoms with E-state index in [0.29, 0.717) is 6.42 Å². The Bertz CT molecular complexity index is 1700. The Labute approximate surface area is 294 Å². The maximum absolute atomic E-state index is 14.1. The number of nitrogens with zero attached hydrogens (tertiary/aromatic N) is 10. The number of azide groups is 3. The highest BCUT2D eigenvalue weighted by Crippen LogP contribution is 2.40. The highest BCUT2D eigenvalue weighted by Gasteiger charge is 2.51. The molecule has 5 rings (SSSR count). The number of rotatable bonds is 14. The van der Waals surface area contributed by atoms with Gasteiger partial charge in [0.05, 0.1) is 55.8 Å². The van der Waals surface area contributed by atoms with Crippen molar-refractivity contribution in [3.8, 4) is 0 Å². The van der Waals surface area contributed by atoms with Crippen LogP contribution in [0.2, 0.25) is 0 Å². The summed E-state index contributed by atoms with van der Waals surface area (Å²) in [6, 6.07) is 24.7. The third-order valence-corrected chi connectivity index (χ3v) is 9.37. The summed E-state index contributed by atoms with van der Waals surface area (Å²) in [5.41, 5.74) is 30.5. The summed E-state index contributed by atoms with van der Waals surface area (Å²) in [5.74, 6) is -1.04. The van der Waals surface area contributed by atoms with E-state index in [9.17, 15) is 26.1 Å². The minimum absolute atomic E-state index is 0.0281. The van der Waals surface area contributed by atoms with Crippen molar-refractivity contribution in [2.75, 3.05) is 6.61 Å². The Morgan fingerprint density at radius 3 is 1.92 bits per heavy atom. The largest absolute Gasteiger partial charge is 0.445 e. The van der Waals surface area contributed by atoms with Gasteiger partial charge in [0.2, 0.25) is 0 Å². The maximum atomic E-state index is 14.1. The summed E-state index contributed by atoms with van der Waals surface area (Å²) in [6.45, 7) is 0.459. The van der Waals surface area contributed by atoms with Crippen molar-refractivity contribution in [1.29, 1.82) is 0 Å². The van der Waals surface area contributed by atoms with Crippen LogP contribution < -0.4 is 0 Å². The highest BCUT2D eigenvalue weighted by atomic mass is 16.6. The molecule has 1 aliphatic carbocycles. The van der Waals surface area contributed by atoms with Gasteiger partial charge in [0.15, 0.2) is 0 Å². The van der Waals surface area contributed by atoms with Crippen molar-refractivity contribution < 1.29 is 29.2 Å². The minimum atomic E-state index is -1.56. The summed E-state index contributed by atoms with van der Waals surface area (Å²) in [7, 11) is 0. The number of hydrogen-bond acceptors (Lipinski definition) is 9. The lowest BCUT2D eigenvalue weighted by atomic mass is 9.72. The minimum Gasteiger partial charge on any atom is -0.445 e. The number of aliphatic hydroxyl groups excluding tert-OH is 2. The average molecular weight is 697 g/mol. The molecule has 0 spiro atoms. The zero-order valence-corrected chi connectivity index (χ0v) is 27.8. The van der Waals surface area contributed by atoms with Crippen molar-refractivity contribution in [2.45, 2.75) is 87.6 Å². The predicted molar refractivity (Wildman–Crippen MR) is 185 cm³/mol. The number of hydrogen-bond donors (Lipinski definition) is 2. The molecule has 0 bridgehead atoms. The van der Waals surface area contributed by atoms with Crippen LogP contribution in [-0.4, -0.2) is 76.4 Å². The SMILES string of the molecule is [N-]=[N+]=NC1CC(N=[N+]=[N-])[C@H](O)[C@@H](O)C1[C@H]1O[C@H]([C@@H](COCc2ccccc2)N(Cc2ccccc2)C(=O)OCc2ccccc2)CCC1N=[N+]=[N-]. The van der Waals surface area contributed by atoms with Crippen LogP contribution in [0.15, 0.2) is 106 Å². The van der Waals surface area contributed by atoms with Gasteiger partial charge in [-0.3, -0.25) is 4.90 Å². The molecule has 3 aromatic rings. The molecule has 1 aliphatic heterocycles. The molecule has 1 saturated carbocycles. The van der Waals surface area contributed by atoms with E-state index in [0.717, 1.165) is 16.7 Å². The number of aliphatic hydroxyl groups is 2. The molecule has 2 fully saturated rings. The van der Waals surface area contributed by atoms with E-state index in [-0.39, 0.29) is 39.2 Å². The standard InChI is InChI=1S/C35H40N10O6/c36-42-39-26-16-17-30(51-34(26)31-27(40-43-37)18-28(41-44-38)32(46)33(31)47)29(22-49-20-24-12-6-2-7-13-24)45(19-23-10-4-1-5-11-23)35(48)50-21-25-14-8-3-9-15-25/h1-15,26-34,46-47H,16-22H2/t26?,27?,28?,29-,30+,31?,32+,33+,34+/m1/s1. The quantitative estimate of drug-likeness (QED) is 0.105. The van der Waals surface area contributed by atoms with Crippen LogP contribution in [0.4, 0.5) is 4.79 Å². The topological polar surface area (TPSA) is 235 Å². The van der Waals surface area contributed by atoms with Gasteiger partial charge in [0, 0.05) is 33.2 Å². The number of carbonyl (C=O) groups excluding carboxylic acids is 1. The second-order valence-corrected chi connectivity index (χ2v) is 12.5.